The minimum atomic E-state index is 0.606. The van der Waals surface area contributed by atoms with Gasteiger partial charge >= 0.3 is 0 Å². The van der Waals surface area contributed by atoms with E-state index >= 15 is 0 Å². The van der Waals surface area contributed by atoms with E-state index in [0.717, 1.165) is 25.3 Å². The SMILES string of the molecule is CCCN(CCN)c1ccc2nnnn2n1. The zero-order valence-electron chi connectivity index (χ0n) is 9.24. The zero-order valence-corrected chi connectivity index (χ0v) is 9.24. The average molecular weight is 221 g/mol. The van der Waals surface area contributed by atoms with Crippen molar-refractivity contribution in [3.63, 3.8) is 0 Å². The molecule has 0 fully saturated rings. The summed E-state index contributed by atoms with van der Waals surface area (Å²) in [5.41, 5.74) is 6.22. The molecule has 0 amide bonds. The second kappa shape index (κ2) is 4.84. The summed E-state index contributed by atoms with van der Waals surface area (Å²) in [6.45, 7) is 4.45. The van der Waals surface area contributed by atoms with Crippen LogP contribution in [-0.2, 0) is 0 Å². The van der Waals surface area contributed by atoms with E-state index in [1.165, 1.54) is 4.63 Å². The van der Waals surface area contributed by atoms with Crippen molar-refractivity contribution in [1.82, 2.24) is 25.3 Å². The number of aromatic nitrogens is 5. The van der Waals surface area contributed by atoms with Crippen LogP contribution in [0.4, 0.5) is 5.82 Å². The number of hydrogen-bond donors (Lipinski definition) is 1. The third-order valence-electron chi connectivity index (χ3n) is 2.27. The third kappa shape index (κ3) is 2.08. The van der Waals surface area contributed by atoms with E-state index in [9.17, 15) is 0 Å². The summed E-state index contributed by atoms with van der Waals surface area (Å²) >= 11 is 0. The maximum absolute atomic E-state index is 5.57. The second-order valence-electron chi connectivity index (χ2n) is 3.49. The number of anilines is 1. The average Bonchev–Trinajstić information content (AvgIpc) is 2.75. The van der Waals surface area contributed by atoms with E-state index < -0.39 is 0 Å². The van der Waals surface area contributed by atoms with Gasteiger partial charge in [-0.2, -0.15) is 0 Å². The molecule has 0 aliphatic carbocycles. The van der Waals surface area contributed by atoms with Gasteiger partial charge in [-0.1, -0.05) is 6.92 Å². The molecule has 0 spiro atoms. The second-order valence-corrected chi connectivity index (χ2v) is 3.49. The van der Waals surface area contributed by atoms with Crippen molar-refractivity contribution in [3.8, 4) is 0 Å². The minimum absolute atomic E-state index is 0.606. The van der Waals surface area contributed by atoms with Gasteiger partial charge in [0.15, 0.2) is 11.5 Å². The molecule has 0 aliphatic heterocycles. The Morgan fingerprint density at radius 3 is 3.00 bits per heavy atom. The molecule has 2 N–H and O–H groups in total. The quantitative estimate of drug-likeness (QED) is 0.745. The molecular weight excluding hydrogens is 206 g/mol. The van der Waals surface area contributed by atoms with Crippen molar-refractivity contribution < 1.29 is 0 Å². The van der Waals surface area contributed by atoms with Gasteiger partial charge in [0.25, 0.3) is 0 Å². The Balaban J connectivity index is 2.28. The molecule has 2 rings (SSSR count). The van der Waals surface area contributed by atoms with Crippen LogP contribution in [0.5, 0.6) is 0 Å². The highest BCUT2D eigenvalue weighted by molar-refractivity contribution is 5.44. The van der Waals surface area contributed by atoms with Crippen molar-refractivity contribution in [1.29, 1.82) is 0 Å². The zero-order chi connectivity index (χ0) is 11.4. The van der Waals surface area contributed by atoms with Gasteiger partial charge in [-0.3, -0.25) is 0 Å². The molecule has 0 bridgehead atoms. The molecule has 0 aliphatic rings. The molecule has 7 heteroatoms. The van der Waals surface area contributed by atoms with Gasteiger partial charge in [0.1, 0.15) is 0 Å². The number of nitrogens with zero attached hydrogens (tertiary/aromatic N) is 6. The van der Waals surface area contributed by atoms with Gasteiger partial charge in [-0.05, 0) is 29.0 Å². The minimum Gasteiger partial charge on any atom is -0.354 e. The van der Waals surface area contributed by atoms with E-state index in [1.807, 2.05) is 12.1 Å². The van der Waals surface area contributed by atoms with Crippen LogP contribution in [-0.4, -0.2) is 44.9 Å². The molecular formula is C9H15N7. The van der Waals surface area contributed by atoms with Gasteiger partial charge in [0.2, 0.25) is 0 Å². The summed E-state index contributed by atoms with van der Waals surface area (Å²) in [5.74, 6) is 0.854. The van der Waals surface area contributed by atoms with Crippen molar-refractivity contribution in [3.05, 3.63) is 12.1 Å². The lowest BCUT2D eigenvalue weighted by atomic mass is 10.3. The van der Waals surface area contributed by atoms with Gasteiger partial charge < -0.3 is 10.6 Å². The predicted molar refractivity (Wildman–Crippen MR) is 60.1 cm³/mol. The van der Waals surface area contributed by atoms with Crippen LogP contribution in [0.1, 0.15) is 13.3 Å². The lowest BCUT2D eigenvalue weighted by Gasteiger charge is -2.21. The first-order chi connectivity index (χ1) is 7.85. The first kappa shape index (κ1) is 10.7. The molecule has 16 heavy (non-hydrogen) atoms. The largest absolute Gasteiger partial charge is 0.354 e. The van der Waals surface area contributed by atoms with E-state index in [2.05, 4.69) is 32.4 Å². The summed E-state index contributed by atoms with van der Waals surface area (Å²) in [7, 11) is 0. The van der Waals surface area contributed by atoms with Crippen LogP contribution in [0.25, 0.3) is 5.65 Å². The first-order valence-electron chi connectivity index (χ1n) is 5.35. The predicted octanol–water partition coefficient (Wildman–Crippen LogP) is -0.306. The molecule has 86 valence electrons. The fourth-order valence-electron chi connectivity index (χ4n) is 1.58. The molecule has 0 saturated heterocycles. The Hall–Kier alpha value is -1.76. The van der Waals surface area contributed by atoms with E-state index in [4.69, 9.17) is 5.73 Å². The Morgan fingerprint density at radius 1 is 1.38 bits per heavy atom. The van der Waals surface area contributed by atoms with Crippen LogP contribution in [0.2, 0.25) is 0 Å². The number of hydrogen-bond acceptors (Lipinski definition) is 6. The Bertz CT molecular complexity index is 446. The molecule has 2 aromatic heterocycles. The maximum Gasteiger partial charge on any atom is 0.200 e. The van der Waals surface area contributed by atoms with Gasteiger partial charge in [0, 0.05) is 19.6 Å². The highest BCUT2D eigenvalue weighted by Crippen LogP contribution is 2.10. The molecule has 0 unspecified atom stereocenters. The van der Waals surface area contributed by atoms with Crippen LogP contribution >= 0.6 is 0 Å². The lowest BCUT2D eigenvalue weighted by Crippen LogP contribution is -2.31. The summed E-state index contributed by atoms with van der Waals surface area (Å²) in [6, 6.07) is 3.76. The van der Waals surface area contributed by atoms with Gasteiger partial charge in [0.05, 0.1) is 0 Å². The van der Waals surface area contributed by atoms with Crippen molar-refractivity contribution in [2.75, 3.05) is 24.5 Å². The van der Waals surface area contributed by atoms with Crippen molar-refractivity contribution in [2.45, 2.75) is 13.3 Å². The highest BCUT2D eigenvalue weighted by Gasteiger charge is 2.07. The summed E-state index contributed by atoms with van der Waals surface area (Å²) in [5, 5.41) is 15.5. The van der Waals surface area contributed by atoms with Crippen LogP contribution < -0.4 is 10.6 Å². The number of nitrogens with two attached hydrogens (primary N) is 1. The summed E-state index contributed by atoms with van der Waals surface area (Å²) in [4.78, 5) is 2.13. The lowest BCUT2D eigenvalue weighted by molar-refractivity contribution is 0.695. The Morgan fingerprint density at radius 2 is 2.25 bits per heavy atom. The van der Waals surface area contributed by atoms with Crippen LogP contribution in [0, 0.1) is 0 Å². The topological polar surface area (TPSA) is 85.2 Å². The molecule has 0 radical (unpaired) electrons. The number of tetrazole rings is 1. The maximum atomic E-state index is 5.57. The summed E-state index contributed by atoms with van der Waals surface area (Å²) < 4.78 is 1.43. The molecule has 0 saturated carbocycles. The van der Waals surface area contributed by atoms with Gasteiger partial charge in [-0.15, -0.1) is 14.8 Å². The molecule has 0 atom stereocenters. The fourth-order valence-corrected chi connectivity index (χ4v) is 1.58. The van der Waals surface area contributed by atoms with Crippen LogP contribution in [0.15, 0.2) is 12.1 Å². The third-order valence-corrected chi connectivity index (χ3v) is 2.27. The number of rotatable bonds is 5. The summed E-state index contributed by atoms with van der Waals surface area (Å²) in [6.07, 6.45) is 1.05. The van der Waals surface area contributed by atoms with E-state index in [0.29, 0.717) is 12.2 Å². The molecule has 7 nitrogen and oxygen atoms in total. The van der Waals surface area contributed by atoms with Crippen molar-refractivity contribution in [2.24, 2.45) is 5.73 Å². The normalized spacial score (nSPS) is 10.9. The van der Waals surface area contributed by atoms with E-state index in [-0.39, 0.29) is 0 Å². The number of fused-ring (bicyclic) bond motifs is 1. The Labute approximate surface area is 93.2 Å². The monoisotopic (exact) mass is 221 g/mol. The highest BCUT2D eigenvalue weighted by atomic mass is 15.6. The smallest absolute Gasteiger partial charge is 0.200 e. The van der Waals surface area contributed by atoms with Crippen LogP contribution in [0.3, 0.4) is 0 Å². The van der Waals surface area contributed by atoms with Crippen molar-refractivity contribution >= 4 is 11.5 Å². The molecule has 0 aromatic carbocycles. The standard InChI is InChI=1S/C9H15N7/c1-2-6-15(7-5-10)9-4-3-8-11-13-14-16(8)12-9/h3-4H,2,5-7,10H2,1H3. The molecule has 2 heterocycles. The Kier molecular flexibility index (Phi) is 3.25. The fraction of sp³-hybridized carbons (Fsp3) is 0.556. The van der Waals surface area contributed by atoms with Gasteiger partial charge in [-0.25, -0.2) is 0 Å². The van der Waals surface area contributed by atoms with E-state index in [1.54, 1.807) is 0 Å². The molecule has 2 aromatic rings. The first-order valence-corrected chi connectivity index (χ1v) is 5.35.